The Balaban J connectivity index is 1.80. The molecule has 20 heavy (non-hydrogen) atoms. The Bertz CT molecular complexity index is 400. The first kappa shape index (κ1) is 15.3. The SMILES string of the molecule is CCOC(=O)N1CCC(NC(CC)c2cccs2)CC1. The summed E-state index contributed by atoms with van der Waals surface area (Å²) in [4.78, 5) is 14.9. The van der Waals surface area contributed by atoms with Gasteiger partial charge in [0.1, 0.15) is 0 Å². The molecule has 1 atom stereocenters. The second-order valence-corrected chi connectivity index (χ2v) is 6.08. The van der Waals surface area contributed by atoms with E-state index in [1.165, 1.54) is 4.88 Å². The third kappa shape index (κ3) is 3.96. The summed E-state index contributed by atoms with van der Waals surface area (Å²) in [5, 5.41) is 5.86. The van der Waals surface area contributed by atoms with Crippen LogP contribution in [0.2, 0.25) is 0 Å². The van der Waals surface area contributed by atoms with E-state index < -0.39 is 0 Å². The molecule has 2 rings (SSSR count). The number of rotatable bonds is 5. The molecule has 2 heterocycles. The first-order valence-electron chi connectivity index (χ1n) is 7.45. The molecule has 1 fully saturated rings. The Morgan fingerprint density at radius 1 is 1.50 bits per heavy atom. The van der Waals surface area contributed by atoms with Crippen LogP contribution in [0.15, 0.2) is 17.5 Å². The van der Waals surface area contributed by atoms with E-state index in [9.17, 15) is 4.79 Å². The molecule has 1 aliphatic heterocycles. The van der Waals surface area contributed by atoms with Gasteiger partial charge in [0.2, 0.25) is 0 Å². The minimum atomic E-state index is -0.170. The zero-order valence-corrected chi connectivity index (χ0v) is 13.1. The van der Waals surface area contributed by atoms with Gasteiger partial charge in [-0.3, -0.25) is 0 Å². The van der Waals surface area contributed by atoms with E-state index in [0.29, 0.717) is 18.7 Å². The largest absolute Gasteiger partial charge is 0.450 e. The first-order chi connectivity index (χ1) is 9.74. The minimum absolute atomic E-state index is 0.170. The first-order valence-corrected chi connectivity index (χ1v) is 8.33. The maximum atomic E-state index is 11.7. The van der Waals surface area contributed by atoms with E-state index in [1.54, 1.807) is 0 Å². The highest BCUT2D eigenvalue weighted by molar-refractivity contribution is 7.10. The molecule has 0 spiro atoms. The molecule has 0 aromatic carbocycles. The second kappa shape index (κ2) is 7.64. The average Bonchev–Trinajstić information content (AvgIpc) is 2.99. The maximum absolute atomic E-state index is 11.7. The molecule has 1 unspecified atom stereocenters. The third-order valence-electron chi connectivity index (χ3n) is 3.75. The number of carbonyl (C=O) groups excluding carboxylic acids is 1. The molecule has 1 aromatic heterocycles. The standard InChI is InChI=1S/C15H24N2O2S/c1-3-13(14-6-5-11-20-14)16-12-7-9-17(10-8-12)15(18)19-4-2/h5-6,11-13,16H,3-4,7-10H2,1-2H3. The lowest BCUT2D eigenvalue weighted by Crippen LogP contribution is -2.45. The third-order valence-corrected chi connectivity index (χ3v) is 4.74. The van der Waals surface area contributed by atoms with Crippen molar-refractivity contribution in [3.05, 3.63) is 22.4 Å². The molecule has 1 amide bonds. The average molecular weight is 296 g/mol. The normalized spacial score (nSPS) is 18.0. The minimum Gasteiger partial charge on any atom is -0.450 e. The molecule has 1 aromatic rings. The number of thiophene rings is 1. The Hall–Kier alpha value is -1.07. The van der Waals surface area contributed by atoms with Gasteiger partial charge < -0.3 is 15.0 Å². The maximum Gasteiger partial charge on any atom is 0.409 e. The van der Waals surface area contributed by atoms with Crippen molar-refractivity contribution in [2.24, 2.45) is 0 Å². The molecular weight excluding hydrogens is 272 g/mol. The zero-order valence-electron chi connectivity index (χ0n) is 12.3. The van der Waals surface area contributed by atoms with E-state index in [4.69, 9.17) is 4.74 Å². The van der Waals surface area contributed by atoms with Crippen LogP contribution < -0.4 is 5.32 Å². The highest BCUT2D eigenvalue weighted by Gasteiger charge is 2.25. The van der Waals surface area contributed by atoms with Crippen LogP contribution >= 0.6 is 11.3 Å². The van der Waals surface area contributed by atoms with E-state index in [0.717, 1.165) is 32.4 Å². The van der Waals surface area contributed by atoms with E-state index in [-0.39, 0.29) is 6.09 Å². The molecule has 0 aliphatic carbocycles. The molecule has 1 N–H and O–H groups in total. The number of nitrogens with one attached hydrogen (secondary N) is 1. The van der Waals surface area contributed by atoms with Gasteiger partial charge in [-0.15, -0.1) is 11.3 Å². The summed E-state index contributed by atoms with van der Waals surface area (Å²) >= 11 is 1.81. The monoisotopic (exact) mass is 296 g/mol. The summed E-state index contributed by atoms with van der Waals surface area (Å²) in [5.41, 5.74) is 0. The van der Waals surface area contributed by atoms with Crippen molar-refractivity contribution >= 4 is 17.4 Å². The van der Waals surface area contributed by atoms with Gasteiger partial charge in [0.05, 0.1) is 6.61 Å². The number of amides is 1. The van der Waals surface area contributed by atoms with Crippen LogP contribution in [0, 0.1) is 0 Å². The number of nitrogens with zero attached hydrogens (tertiary/aromatic N) is 1. The van der Waals surface area contributed by atoms with Gasteiger partial charge in [-0.05, 0) is 37.6 Å². The number of likely N-dealkylation sites (tertiary alicyclic amines) is 1. The lowest BCUT2D eigenvalue weighted by atomic mass is 10.0. The van der Waals surface area contributed by atoms with Gasteiger partial charge in [0.15, 0.2) is 0 Å². The molecule has 4 nitrogen and oxygen atoms in total. The van der Waals surface area contributed by atoms with Crippen LogP contribution in [-0.2, 0) is 4.74 Å². The van der Waals surface area contributed by atoms with Crippen LogP contribution in [-0.4, -0.2) is 36.7 Å². The molecule has 0 saturated carbocycles. The van der Waals surface area contributed by atoms with Crippen molar-refractivity contribution in [3.63, 3.8) is 0 Å². The summed E-state index contributed by atoms with van der Waals surface area (Å²) in [7, 11) is 0. The van der Waals surface area contributed by atoms with Crippen molar-refractivity contribution in [2.75, 3.05) is 19.7 Å². The smallest absolute Gasteiger partial charge is 0.409 e. The number of piperidine rings is 1. The fraction of sp³-hybridized carbons (Fsp3) is 0.667. The van der Waals surface area contributed by atoms with E-state index >= 15 is 0 Å². The van der Waals surface area contributed by atoms with Crippen molar-refractivity contribution < 1.29 is 9.53 Å². The number of carbonyl (C=O) groups is 1. The predicted octanol–water partition coefficient (Wildman–Crippen LogP) is 3.41. The van der Waals surface area contributed by atoms with Gasteiger partial charge in [-0.2, -0.15) is 0 Å². The lowest BCUT2D eigenvalue weighted by Gasteiger charge is -2.33. The summed E-state index contributed by atoms with van der Waals surface area (Å²) < 4.78 is 5.05. The van der Waals surface area contributed by atoms with Crippen LogP contribution in [0.25, 0.3) is 0 Å². The molecule has 0 radical (unpaired) electrons. The Labute approximate surface area is 125 Å². The van der Waals surface area contributed by atoms with Gasteiger partial charge in [0, 0.05) is 30.1 Å². The number of ether oxygens (including phenoxy) is 1. The van der Waals surface area contributed by atoms with Gasteiger partial charge in [-0.1, -0.05) is 13.0 Å². The molecule has 5 heteroatoms. The van der Waals surface area contributed by atoms with E-state index in [2.05, 4.69) is 29.8 Å². The van der Waals surface area contributed by atoms with Crippen LogP contribution in [0.4, 0.5) is 4.79 Å². The van der Waals surface area contributed by atoms with Crippen molar-refractivity contribution in [2.45, 2.75) is 45.2 Å². The van der Waals surface area contributed by atoms with E-state index in [1.807, 2.05) is 23.2 Å². The molecule has 1 aliphatic rings. The summed E-state index contributed by atoms with van der Waals surface area (Å²) in [6.07, 6.45) is 2.93. The van der Waals surface area contributed by atoms with Gasteiger partial charge in [0.25, 0.3) is 0 Å². The van der Waals surface area contributed by atoms with Gasteiger partial charge >= 0.3 is 6.09 Å². The summed E-state index contributed by atoms with van der Waals surface area (Å²) in [5.74, 6) is 0. The highest BCUT2D eigenvalue weighted by atomic mass is 32.1. The summed E-state index contributed by atoms with van der Waals surface area (Å²) in [6.45, 7) is 6.09. The molecule has 1 saturated heterocycles. The number of hydrogen-bond donors (Lipinski definition) is 1. The van der Waals surface area contributed by atoms with Crippen molar-refractivity contribution in [3.8, 4) is 0 Å². The van der Waals surface area contributed by atoms with Crippen LogP contribution in [0.5, 0.6) is 0 Å². The quantitative estimate of drug-likeness (QED) is 0.905. The summed E-state index contributed by atoms with van der Waals surface area (Å²) in [6, 6.07) is 5.23. The highest BCUT2D eigenvalue weighted by Crippen LogP contribution is 2.24. The zero-order chi connectivity index (χ0) is 14.4. The molecule has 0 bridgehead atoms. The molecule has 112 valence electrons. The van der Waals surface area contributed by atoms with Gasteiger partial charge in [-0.25, -0.2) is 4.79 Å². The Morgan fingerprint density at radius 2 is 2.25 bits per heavy atom. The molecular formula is C15H24N2O2S. The fourth-order valence-corrected chi connectivity index (χ4v) is 3.49. The Kier molecular flexibility index (Phi) is 5.86. The second-order valence-electron chi connectivity index (χ2n) is 5.10. The van der Waals surface area contributed by atoms with Crippen molar-refractivity contribution in [1.82, 2.24) is 10.2 Å². The van der Waals surface area contributed by atoms with Crippen LogP contribution in [0.3, 0.4) is 0 Å². The predicted molar refractivity (Wildman–Crippen MR) is 82.1 cm³/mol. The van der Waals surface area contributed by atoms with Crippen LogP contribution in [0.1, 0.15) is 44.0 Å². The fourth-order valence-electron chi connectivity index (χ4n) is 2.62. The van der Waals surface area contributed by atoms with Crippen molar-refractivity contribution in [1.29, 1.82) is 0 Å². The lowest BCUT2D eigenvalue weighted by molar-refractivity contribution is 0.0941. The topological polar surface area (TPSA) is 41.6 Å². The Morgan fingerprint density at radius 3 is 2.80 bits per heavy atom. The number of hydrogen-bond acceptors (Lipinski definition) is 4.